The minimum Gasteiger partial charge on any atom is -0.392 e. The maximum atomic E-state index is 9.51. The first-order valence-electron chi connectivity index (χ1n) is 4.67. The van der Waals surface area contributed by atoms with Crippen LogP contribution in [-0.4, -0.2) is 22.4 Å². The zero-order valence-electron chi connectivity index (χ0n) is 7.44. The molecule has 0 aromatic carbocycles. The van der Waals surface area contributed by atoms with Gasteiger partial charge in [-0.15, -0.1) is 0 Å². The molecule has 1 aromatic rings. The Morgan fingerprint density at radius 3 is 3.15 bits per heavy atom. The molecule has 0 spiro atoms. The van der Waals surface area contributed by atoms with Gasteiger partial charge in [0.25, 0.3) is 0 Å². The zero-order chi connectivity index (χ0) is 9.10. The molecule has 4 heteroatoms. The van der Waals surface area contributed by atoms with Crippen LogP contribution in [0.25, 0.3) is 0 Å². The Morgan fingerprint density at radius 2 is 2.54 bits per heavy atom. The van der Waals surface area contributed by atoms with E-state index in [1.807, 2.05) is 6.07 Å². The van der Waals surface area contributed by atoms with Crippen LogP contribution in [0.4, 0.5) is 0 Å². The zero-order valence-corrected chi connectivity index (χ0v) is 7.44. The van der Waals surface area contributed by atoms with E-state index in [-0.39, 0.29) is 12.1 Å². The molecule has 0 saturated heterocycles. The molecule has 0 unspecified atom stereocenters. The first kappa shape index (κ1) is 8.72. The Morgan fingerprint density at radius 1 is 1.62 bits per heavy atom. The van der Waals surface area contributed by atoms with Crippen molar-refractivity contribution in [2.45, 2.75) is 38.0 Å². The van der Waals surface area contributed by atoms with E-state index in [0.717, 1.165) is 25.0 Å². The van der Waals surface area contributed by atoms with Gasteiger partial charge in [0.1, 0.15) is 6.26 Å². The van der Waals surface area contributed by atoms with Crippen molar-refractivity contribution in [1.29, 1.82) is 0 Å². The average molecular weight is 182 g/mol. The van der Waals surface area contributed by atoms with Crippen molar-refractivity contribution in [2.24, 2.45) is 0 Å². The van der Waals surface area contributed by atoms with Crippen LogP contribution in [-0.2, 0) is 6.54 Å². The van der Waals surface area contributed by atoms with Crippen molar-refractivity contribution in [1.82, 2.24) is 10.5 Å². The van der Waals surface area contributed by atoms with Crippen LogP contribution in [0.1, 0.15) is 25.0 Å². The number of hydrogen-bond donors (Lipinski definition) is 2. The molecule has 2 atom stereocenters. The highest BCUT2D eigenvalue weighted by Gasteiger charge is 2.24. The van der Waals surface area contributed by atoms with E-state index in [4.69, 9.17) is 4.52 Å². The maximum Gasteiger partial charge on any atom is 0.124 e. The molecule has 1 heterocycles. The van der Waals surface area contributed by atoms with E-state index in [2.05, 4.69) is 10.5 Å². The molecule has 4 nitrogen and oxygen atoms in total. The van der Waals surface area contributed by atoms with E-state index < -0.39 is 0 Å². The van der Waals surface area contributed by atoms with Gasteiger partial charge in [-0.25, -0.2) is 0 Å². The molecule has 1 fully saturated rings. The van der Waals surface area contributed by atoms with Crippen LogP contribution in [0.15, 0.2) is 16.9 Å². The fourth-order valence-corrected chi connectivity index (χ4v) is 1.74. The van der Waals surface area contributed by atoms with E-state index in [0.29, 0.717) is 6.54 Å². The summed E-state index contributed by atoms with van der Waals surface area (Å²) < 4.78 is 4.70. The summed E-state index contributed by atoms with van der Waals surface area (Å²) in [5, 5.41) is 16.6. The summed E-state index contributed by atoms with van der Waals surface area (Å²) in [5.74, 6) is 0. The third-order valence-corrected chi connectivity index (χ3v) is 2.52. The summed E-state index contributed by atoms with van der Waals surface area (Å²) in [6.07, 6.45) is 4.45. The van der Waals surface area contributed by atoms with Crippen LogP contribution < -0.4 is 5.32 Å². The van der Waals surface area contributed by atoms with E-state index in [9.17, 15) is 5.11 Å². The highest BCUT2D eigenvalue weighted by Crippen LogP contribution is 2.18. The summed E-state index contributed by atoms with van der Waals surface area (Å²) >= 11 is 0. The topological polar surface area (TPSA) is 58.3 Å². The van der Waals surface area contributed by atoms with Gasteiger partial charge in [0.2, 0.25) is 0 Å². The van der Waals surface area contributed by atoms with Crippen LogP contribution in [0, 0.1) is 0 Å². The lowest BCUT2D eigenvalue weighted by molar-refractivity contribution is 0.148. The molecule has 2 rings (SSSR count). The van der Waals surface area contributed by atoms with Crippen LogP contribution in [0.2, 0.25) is 0 Å². The Labute approximate surface area is 76.9 Å². The van der Waals surface area contributed by atoms with Gasteiger partial charge in [0.15, 0.2) is 0 Å². The molecule has 0 aliphatic heterocycles. The van der Waals surface area contributed by atoms with Crippen molar-refractivity contribution >= 4 is 0 Å². The molecule has 13 heavy (non-hydrogen) atoms. The fraction of sp³-hybridized carbons (Fsp3) is 0.667. The number of aromatic nitrogens is 1. The SMILES string of the molecule is O[C@@H]1CCC[C@H]1NCc1ccon1. The number of aliphatic hydroxyl groups is 1. The van der Waals surface area contributed by atoms with Crippen molar-refractivity contribution in [2.75, 3.05) is 0 Å². The number of hydrogen-bond acceptors (Lipinski definition) is 4. The number of nitrogens with one attached hydrogen (secondary N) is 1. The molecular formula is C9H14N2O2. The van der Waals surface area contributed by atoms with Gasteiger partial charge in [-0.2, -0.15) is 0 Å². The number of rotatable bonds is 3. The van der Waals surface area contributed by atoms with Crippen molar-refractivity contribution < 1.29 is 9.63 Å². The van der Waals surface area contributed by atoms with Crippen LogP contribution in [0.5, 0.6) is 0 Å². The first-order valence-corrected chi connectivity index (χ1v) is 4.67. The fourth-order valence-electron chi connectivity index (χ4n) is 1.74. The summed E-state index contributed by atoms with van der Waals surface area (Å²) in [6, 6.07) is 2.06. The third-order valence-electron chi connectivity index (χ3n) is 2.52. The second-order valence-electron chi connectivity index (χ2n) is 3.48. The van der Waals surface area contributed by atoms with Gasteiger partial charge in [-0.3, -0.25) is 0 Å². The quantitative estimate of drug-likeness (QED) is 0.721. The molecular weight excluding hydrogens is 168 g/mol. The van der Waals surface area contributed by atoms with Crippen molar-refractivity contribution in [3.05, 3.63) is 18.0 Å². The number of aliphatic hydroxyl groups excluding tert-OH is 1. The normalized spacial score (nSPS) is 28.1. The van der Waals surface area contributed by atoms with Crippen LogP contribution >= 0.6 is 0 Å². The highest BCUT2D eigenvalue weighted by molar-refractivity contribution is 4.95. The van der Waals surface area contributed by atoms with Gasteiger partial charge in [-0.1, -0.05) is 5.16 Å². The molecule has 1 aliphatic rings. The Balaban J connectivity index is 1.79. The largest absolute Gasteiger partial charge is 0.392 e. The average Bonchev–Trinajstić information content (AvgIpc) is 2.72. The summed E-state index contributed by atoms with van der Waals surface area (Å²) in [7, 11) is 0. The molecule has 2 N–H and O–H groups in total. The minimum absolute atomic E-state index is 0.188. The lowest BCUT2D eigenvalue weighted by Crippen LogP contribution is -2.35. The monoisotopic (exact) mass is 182 g/mol. The van der Waals surface area contributed by atoms with Gasteiger partial charge < -0.3 is 14.9 Å². The standard InChI is InChI=1S/C9H14N2O2/c12-9-3-1-2-8(9)10-6-7-4-5-13-11-7/h4-5,8-10,12H,1-3,6H2/t8-,9-/m1/s1. The third kappa shape index (κ3) is 2.08. The molecule has 72 valence electrons. The minimum atomic E-state index is -0.188. The predicted octanol–water partition coefficient (Wildman–Crippen LogP) is 0.678. The Bertz CT molecular complexity index is 248. The highest BCUT2D eigenvalue weighted by atomic mass is 16.5. The smallest absolute Gasteiger partial charge is 0.124 e. The summed E-state index contributed by atoms with van der Waals surface area (Å²) in [5.41, 5.74) is 0.888. The number of nitrogens with zero attached hydrogens (tertiary/aromatic N) is 1. The lowest BCUT2D eigenvalue weighted by atomic mass is 10.2. The molecule has 1 aromatic heterocycles. The van der Waals surface area contributed by atoms with E-state index in [1.54, 1.807) is 6.26 Å². The van der Waals surface area contributed by atoms with Gasteiger partial charge in [-0.05, 0) is 19.3 Å². The van der Waals surface area contributed by atoms with Crippen molar-refractivity contribution in [3.8, 4) is 0 Å². The van der Waals surface area contributed by atoms with Crippen LogP contribution in [0.3, 0.4) is 0 Å². The predicted molar refractivity (Wildman–Crippen MR) is 47.0 cm³/mol. The molecule has 1 saturated carbocycles. The van der Waals surface area contributed by atoms with Gasteiger partial charge >= 0.3 is 0 Å². The second-order valence-corrected chi connectivity index (χ2v) is 3.48. The van der Waals surface area contributed by atoms with Gasteiger partial charge in [0.05, 0.1) is 11.8 Å². The molecule has 1 aliphatic carbocycles. The summed E-state index contributed by atoms with van der Waals surface area (Å²) in [4.78, 5) is 0. The molecule has 0 bridgehead atoms. The summed E-state index contributed by atoms with van der Waals surface area (Å²) in [6.45, 7) is 0.679. The Hall–Kier alpha value is -0.870. The Kier molecular flexibility index (Phi) is 2.61. The van der Waals surface area contributed by atoms with E-state index >= 15 is 0 Å². The first-order chi connectivity index (χ1) is 6.36. The van der Waals surface area contributed by atoms with Crippen molar-refractivity contribution in [3.63, 3.8) is 0 Å². The van der Waals surface area contributed by atoms with E-state index in [1.165, 1.54) is 0 Å². The van der Waals surface area contributed by atoms with Gasteiger partial charge in [0, 0.05) is 18.7 Å². The molecule has 0 radical (unpaired) electrons. The molecule has 0 amide bonds. The maximum absolute atomic E-state index is 9.51. The second kappa shape index (κ2) is 3.89. The lowest BCUT2D eigenvalue weighted by Gasteiger charge is -2.14.